The smallest absolute Gasteiger partial charge is 0.234 e. The molecule has 33 heavy (non-hydrogen) atoms. The maximum absolute atomic E-state index is 13.3. The number of nitrogens with one attached hydrogen (secondary N) is 2. The van der Waals surface area contributed by atoms with Crippen molar-refractivity contribution in [1.82, 2.24) is 9.97 Å². The molecule has 4 rings (SSSR count). The number of imidazole rings is 1. The van der Waals surface area contributed by atoms with Gasteiger partial charge in [-0.3, -0.25) is 4.79 Å². The van der Waals surface area contributed by atoms with Crippen LogP contribution in [0.4, 0.5) is 5.69 Å². The Kier molecular flexibility index (Phi) is 6.67. The third-order valence-corrected chi connectivity index (χ3v) is 7.79. The maximum Gasteiger partial charge on any atom is 0.234 e. The average Bonchev–Trinajstić information content (AvgIpc) is 3.25. The summed E-state index contributed by atoms with van der Waals surface area (Å²) in [6.45, 7) is 3.95. The van der Waals surface area contributed by atoms with Crippen molar-refractivity contribution in [3.8, 4) is 11.4 Å². The SMILES string of the molecule is Cc1ccc(NC(=O)CSc2nc(-c3ccc(C)cc3)[nH]c2S(=O)(=O)c2ccccc2)cc1. The fourth-order valence-electron chi connectivity index (χ4n) is 3.15. The van der Waals surface area contributed by atoms with E-state index in [1.54, 1.807) is 30.3 Å². The Bertz CT molecular complexity index is 1360. The van der Waals surface area contributed by atoms with Crippen molar-refractivity contribution in [2.75, 3.05) is 11.1 Å². The molecule has 0 saturated heterocycles. The summed E-state index contributed by atoms with van der Waals surface area (Å²) in [5, 5.41) is 3.07. The highest BCUT2D eigenvalue weighted by atomic mass is 32.2. The second-order valence-electron chi connectivity index (χ2n) is 7.61. The van der Waals surface area contributed by atoms with Crippen molar-refractivity contribution in [2.24, 2.45) is 0 Å². The number of anilines is 1. The van der Waals surface area contributed by atoms with Crippen molar-refractivity contribution in [1.29, 1.82) is 0 Å². The molecule has 6 nitrogen and oxygen atoms in total. The summed E-state index contributed by atoms with van der Waals surface area (Å²) in [5.74, 6) is 0.210. The van der Waals surface area contributed by atoms with Crippen LogP contribution in [0.1, 0.15) is 11.1 Å². The lowest BCUT2D eigenvalue weighted by Crippen LogP contribution is -2.14. The Hall–Kier alpha value is -3.36. The molecule has 1 heterocycles. The Balaban J connectivity index is 1.63. The second-order valence-corrected chi connectivity index (χ2v) is 10.5. The minimum Gasteiger partial charge on any atom is -0.328 e. The number of H-pyrrole nitrogens is 1. The molecule has 3 aromatic carbocycles. The molecule has 8 heteroatoms. The van der Waals surface area contributed by atoms with Crippen molar-refractivity contribution < 1.29 is 13.2 Å². The van der Waals surface area contributed by atoms with Crippen LogP contribution in [0.2, 0.25) is 0 Å². The van der Waals surface area contributed by atoms with E-state index in [1.807, 2.05) is 62.4 Å². The number of benzene rings is 3. The fourth-order valence-corrected chi connectivity index (χ4v) is 5.60. The van der Waals surface area contributed by atoms with E-state index in [-0.39, 0.29) is 26.6 Å². The van der Waals surface area contributed by atoms with Gasteiger partial charge in [0.15, 0.2) is 5.03 Å². The molecule has 168 valence electrons. The largest absolute Gasteiger partial charge is 0.328 e. The fraction of sp³-hybridized carbons (Fsp3) is 0.120. The predicted octanol–water partition coefficient (Wildman–Crippen LogP) is 5.26. The summed E-state index contributed by atoms with van der Waals surface area (Å²) in [4.78, 5) is 20.2. The van der Waals surface area contributed by atoms with Gasteiger partial charge in [-0.1, -0.05) is 77.5 Å². The lowest BCUT2D eigenvalue weighted by Gasteiger charge is -2.06. The number of thioether (sulfide) groups is 1. The summed E-state index contributed by atoms with van der Waals surface area (Å²) in [5.41, 5.74) is 3.63. The molecule has 0 aliphatic carbocycles. The first kappa shape index (κ1) is 22.8. The first-order valence-corrected chi connectivity index (χ1v) is 12.8. The Morgan fingerprint density at radius 3 is 2.15 bits per heavy atom. The third-order valence-electron chi connectivity index (χ3n) is 4.96. The zero-order chi connectivity index (χ0) is 23.4. The molecule has 0 aliphatic rings. The van der Waals surface area contributed by atoms with E-state index >= 15 is 0 Å². The minimum atomic E-state index is -3.85. The van der Waals surface area contributed by atoms with Crippen LogP contribution in [0, 0.1) is 13.8 Å². The first-order chi connectivity index (χ1) is 15.8. The van der Waals surface area contributed by atoms with Crippen molar-refractivity contribution in [2.45, 2.75) is 28.8 Å². The van der Waals surface area contributed by atoms with Crippen LogP contribution in [0.3, 0.4) is 0 Å². The molecule has 0 saturated carbocycles. The van der Waals surface area contributed by atoms with Crippen LogP contribution in [0.15, 0.2) is 93.8 Å². The number of nitrogens with zero attached hydrogens (tertiary/aromatic N) is 1. The molecular weight excluding hydrogens is 454 g/mol. The first-order valence-electron chi connectivity index (χ1n) is 10.3. The van der Waals surface area contributed by atoms with Gasteiger partial charge in [-0.25, -0.2) is 13.4 Å². The number of aromatic amines is 1. The molecule has 0 bridgehead atoms. The second kappa shape index (κ2) is 9.64. The van der Waals surface area contributed by atoms with E-state index in [1.165, 1.54) is 0 Å². The lowest BCUT2D eigenvalue weighted by molar-refractivity contribution is -0.113. The molecule has 0 unspecified atom stereocenters. The van der Waals surface area contributed by atoms with Crippen LogP contribution in [-0.4, -0.2) is 30.0 Å². The number of aromatic nitrogens is 2. The van der Waals surface area contributed by atoms with Gasteiger partial charge in [0.05, 0.1) is 10.6 Å². The summed E-state index contributed by atoms with van der Waals surface area (Å²) in [6, 6.07) is 23.3. The third kappa shape index (κ3) is 5.35. The maximum atomic E-state index is 13.3. The van der Waals surface area contributed by atoms with Crippen molar-refractivity contribution in [3.63, 3.8) is 0 Å². The molecule has 0 radical (unpaired) electrons. The standard InChI is InChI=1S/C25H23N3O3S2/c1-17-8-12-19(13-9-17)23-27-24(25(28-23)33(30,31)21-6-4-3-5-7-21)32-16-22(29)26-20-14-10-18(2)11-15-20/h3-15H,16H2,1-2H3,(H,26,29)(H,27,28). The van der Waals surface area contributed by atoms with Gasteiger partial charge >= 0.3 is 0 Å². The summed E-state index contributed by atoms with van der Waals surface area (Å²) in [7, 11) is -3.85. The number of hydrogen-bond donors (Lipinski definition) is 2. The molecule has 0 aliphatic heterocycles. The van der Waals surface area contributed by atoms with E-state index in [9.17, 15) is 13.2 Å². The van der Waals surface area contributed by atoms with Crippen LogP contribution < -0.4 is 5.32 Å². The topological polar surface area (TPSA) is 91.9 Å². The number of carbonyl (C=O) groups is 1. The van der Waals surface area contributed by atoms with Gasteiger partial charge in [-0.2, -0.15) is 0 Å². The summed E-state index contributed by atoms with van der Waals surface area (Å²) >= 11 is 1.08. The number of sulfone groups is 1. The van der Waals surface area contributed by atoms with Crippen LogP contribution in [-0.2, 0) is 14.6 Å². The summed E-state index contributed by atoms with van der Waals surface area (Å²) < 4.78 is 26.7. The van der Waals surface area contributed by atoms with E-state index < -0.39 is 9.84 Å². The van der Waals surface area contributed by atoms with Gasteiger partial charge in [0.2, 0.25) is 15.7 Å². The average molecular weight is 478 g/mol. The molecular formula is C25H23N3O3S2. The van der Waals surface area contributed by atoms with E-state index in [0.29, 0.717) is 11.5 Å². The monoisotopic (exact) mass is 477 g/mol. The van der Waals surface area contributed by atoms with Gasteiger partial charge in [0.1, 0.15) is 10.9 Å². The number of rotatable bonds is 7. The highest BCUT2D eigenvalue weighted by molar-refractivity contribution is 8.00. The van der Waals surface area contributed by atoms with Gasteiger partial charge in [0.25, 0.3) is 0 Å². The van der Waals surface area contributed by atoms with Gasteiger partial charge < -0.3 is 10.3 Å². The zero-order valence-electron chi connectivity index (χ0n) is 18.2. The highest BCUT2D eigenvalue weighted by Gasteiger charge is 2.26. The zero-order valence-corrected chi connectivity index (χ0v) is 19.8. The van der Waals surface area contributed by atoms with Crippen LogP contribution in [0.25, 0.3) is 11.4 Å². The Morgan fingerprint density at radius 1 is 0.909 bits per heavy atom. The van der Waals surface area contributed by atoms with Gasteiger partial charge in [-0.05, 0) is 38.1 Å². The predicted molar refractivity (Wildman–Crippen MR) is 131 cm³/mol. The molecule has 0 spiro atoms. The number of aryl methyl sites for hydroxylation is 2. The number of hydrogen-bond acceptors (Lipinski definition) is 5. The number of carbonyl (C=O) groups excluding carboxylic acids is 1. The highest BCUT2D eigenvalue weighted by Crippen LogP contribution is 2.32. The van der Waals surface area contributed by atoms with Crippen LogP contribution >= 0.6 is 11.8 Å². The van der Waals surface area contributed by atoms with E-state index in [0.717, 1.165) is 28.5 Å². The minimum absolute atomic E-state index is 0.0163. The molecule has 2 N–H and O–H groups in total. The molecule has 0 fully saturated rings. The van der Waals surface area contributed by atoms with Crippen molar-refractivity contribution >= 4 is 33.2 Å². The normalized spacial score (nSPS) is 11.3. The molecule has 0 atom stereocenters. The molecule has 1 amide bonds. The van der Waals surface area contributed by atoms with Crippen LogP contribution in [0.5, 0.6) is 0 Å². The van der Waals surface area contributed by atoms with E-state index in [2.05, 4.69) is 15.3 Å². The number of amides is 1. The van der Waals surface area contributed by atoms with Crippen molar-refractivity contribution in [3.05, 3.63) is 90.0 Å². The quantitative estimate of drug-likeness (QED) is 0.354. The Labute approximate surface area is 197 Å². The Morgan fingerprint density at radius 2 is 1.52 bits per heavy atom. The van der Waals surface area contributed by atoms with Gasteiger partial charge in [-0.15, -0.1) is 0 Å². The molecule has 1 aromatic heterocycles. The van der Waals surface area contributed by atoms with E-state index in [4.69, 9.17) is 0 Å². The summed E-state index contributed by atoms with van der Waals surface area (Å²) in [6.07, 6.45) is 0. The lowest BCUT2D eigenvalue weighted by atomic mass is 10.1. The van der Waals surface area contributed by atoms with Gasteiger partial charge in [0, 0.05) is 11.3 Å². The molecule has 4 aromatic rings.